The number of carbonyl (C=O) groups is 1. The van der Waals surface area contributed by atoms with Crippen molar-refractivity contribution in [3.8, 4) is 28.3 Å². The summed E-state index contributed by atoms with van der Waals surface area (Å²) in [5.74, 6) is 0.0370. The van der Waals surface area contributed by atoms with Crippen molar-refractivity contribution in [1.82, 2.24) is 24.6 Å². The molecular formula is C23H23N5O5S. The van der Waals surface area contributed by atoms with Crippen LogP contribution in [0, 0.1) is 0 Å². The van der Waals surface area contributed by atoms with Gasteiger partial charge in [0.25, 0.3) is 5.91 Å². The van der Waals surface area contributed by atoms with Crippen LogP contribution in [0.2, 0.25) is 0 Å². The number of amides is 1. The van der Waals surface area contributed by atoms with E-state index in [-0.39, 0.29) is 17.1 Å². The van der Waals surface area contributed by atoms with Crippen LogP contribution in [0.1, 0.15) is 10.4 Å². The van der Waals surface area contributed by atoms with Crippen molar-refractivity contribution in [1.29, 1.82) is 0 Å². The lowest BCUT2D eigenvalue weighted by atomic mass is 10.1. The number of imidazole rings is 1. The third-order valence-corrected chi connectivity index (χ3v) is 7.65. The van der Waals surface area contributed by atoms with Gasteiger partial charge in [-0.3, -0.25) is 14.0 Å². The van der Waals surface area contributed by atoms with Crippen LogP contribution in [-0.2, 0) is 16.9 Å². The van der Waals surface area contributed by atoms with E-state index in [0.717, 1.165) is 22.2 Å². The van der Waals surface area contributed by atoms with Crippen molar-refractivity contribution in [2.45, 2.75) is 6.04 Å². The summed E-state index contributed by atoms with van der Waals surface area (Å²) >= 11 is 0. The van der Waals surface area contributed by atoms with E-state index in [4.69, 9.17) is 9.47 Å². The molecule has 1 saturated heterocycles. The fourth-order valence-corrected chi connectivity index (χ4v) is 5.43. The largest absolute Gasteiger partial charge is 0.496 e. The third kappa shape index (κ3) is 3.87. The Labute approximate surface area is 196 Å². The van der Waals surface area contributed by atoms with Crippen LogP contribution in [0.25, 0.3) is 27.8 Å². The summed E-state index contributed by atoms with van der Waals surface area (Å²) in [6.45, 7) is 0. The second kappa shape index (κ2) is 8.17. The molecule has 1 amide bonds. The molecule has 176 valence electrons. The zero-order valence-electron chi connectivity index (χ0n) is 18.8. The van der Waals surface area contributed by atoms with Gasteiger partial charge in [-0.05, 0) is 17.7 Å². The van der Waals surface area contributed by atoms with Crippen LogP contribution in [0.4, 0.5) is 0 Å². The topological polar surface area (TPSA) is 117 Å². The zero-order chi connectivity index (χ0) is 24.0. The Hall–Kier alpha value is -3.86. The second-order valence-electron chi connectivity index (χ2n) is 8.19. The average Bonchev–Trinajstić information content (AvgIpc) is 3.42. The minimum absolute atomic E-state index is 0.0660. The van der Waals surface area contributed by atoms with E-state index in [0.29, 0.717) is 17.2 Å². The maximum absolute atomic E-state index is 12.9. The van der Waals surface area contributed by atoms with E-state index in [2.05, 4.69) is 15.4 Å². The summed E-state index contributed by atoms with van der Waals surface area (Å²) < 4.78 is 37.5. The molecule has 1 N–H and O–H groups in total. The Morgan fingerprint density at radius 2 is 1.79 bits per heavy atom. The van der Waals surface area contributed by atoms with Crippen LogP contribution >= 0.6 is 0 Å². The Balaban J connectivity index is 1.51. The van der Waals surface area contributed by atoms with Gasteiger partial charge in [-0.25, -0.2) is 13.4 Å². The van der Waals surface area contributed by atoms with Crippen molar-refractivity contribution in [3.63, 3.8) is 0 Å². The fourth-order valence-electron chi connectivity index (χ4n) is 4.13. The minimum Gasteiger partial charge on any atom is -0.496 e. The molecule has 0 unspecified atom stereocenters. The van der Waals surface area contributed by atoms with Crippen LogP contribution < -0.4 is 14.8 Å². The highest BCUT2D eigenvalue weighted by Crippen LogP contribution is 2.34. The molecule has 0 bridgehead atoms. The van der Waals surface area contributed by atoms with Gasteiger partial charge in [0.1, 0.15) is 23.4 Å². The number of sulfone groups is 1. The molecule has 1 fully saturated rings. The van der Waals surface area contributed by atoms with Gasteiger partial charge in [0.15, 0.2) is 9.84 Å². The quantitative estimate of drug-likeness (QED) is 0.447. The lowest BCUT2D eigenvalue weighted by Gasteiger charge is -2.27. The van der Waals surface area contributed by atoms with Gasteiger partial charge < -0.3 is 14.8 Å². The highest BCUT2D eigenvalue weighted by atomic mass is 32.2. The molecule has 0 radical (unpaired) electrons. The molecule has 10 nitrogen and oxygen atoms in total. The standard InChI is InChI=1S/C23H23N5O5S/c1-27-10-15(9-25-27)14-4-5-19-18(6-14)24-13-28(19)17-7-20(32-2)22(21(8-17)33-3)23(29)26-16-11-34(30,31)12-16/h4-10,13,16H,11-12H2,1-3H3,(H,26,29). The fraction of sp³-hybridized carbons (Fsp3) is 0.261. The van der Waals surface area contributed by atoms with Gasteiger partial charge in [-0.2, -0.15) is 5.10 Å². The van der Waals surface area contributed by atoms with Crippen molar-refractivity contribution in [3.05, 3.63) is 54.6 Å². The lowest BCUT2D eigenvalue weighted by Crippen LogP contribution is -2.53. The first-order chi connectivity index (χ1) is 16.3. The number of ether oxygens (including phenoxy) is 2. The molecule has 2 aromatic carbocycles. The number of aryl methyl sites for hydroxylation is 1. The number of fused-ring (bicyclic) bond motifs is 1. The van der Waals surface area contributed by atoms with Gasteiger partial charge in [-0.1, -0.05) is 6.07 Å². The smallest absolute Gasteiger partial charge is 0.259 e. The normalized spacial score (nSPS) is 15.1. The van der Waals surface area contributed by atoms with Crippen molar-refractivity contribution < 1.29 is 22.7 Å². The number of methoxy groups -OCH3 is 2. The van der Waals surface area contributed by atoms with Crippen molar-refractivity contribution >= 4 is 26.8 Å². The maximum atomic E-state index is 12.9. The SMILES string of the molecule is COc1cc(-n2cnc3cc(-c4cnn(C)c4)ccc32)cc(OC)c1C(=O)NC1CS(=O)(=O)C1. The number of hydrogen-bond acceptors (Lipinski definition) is 7. The Morgan fingerprint density at radius 3 is 2.38 bits per heavy atom. The highest BCUT2D eigenvalue weighted by molar-refractivity contribution is 7.92. The van der Waals surface area contributed by atoms with Gasteiger partial charge in [0, 0.05) is 30.9 Å². The van der Waals surface area contributed by atoms with Crippen LogP contribution in [-0.4, -0.2) is 65.4 Å². The number of rotatable bonds is 6. The summed E-state index contributed by atoms with van der Waals surface area (Å²) in [4.78, 5) is 17.5. The summed E-state index contributed by atoms with van der Waals surface area (Å²) in [6.07, 6.45) is 5.44. The molecule has 11 heteroatoms. The summed E-state index contributed by atoms with van der Waals surface area (Å²) in [6, 6.07) is 9.00. The monoisotopic (exact) mass is 481 g/mol. The number of nitrogens with one attached hydrogen (secondary N) is 1. The lowest BCUT2D eigenvalue weighted by molar-refractivity contribution is 0.0935. The molecule has 0 spiro atoms. The Morgan fingerprint density at radius 1 is 1.09 bits per heavy atom. The maximum Gasteiger partial charge on any atom is 0.259 e. The summed E-state index contributed by atoms with van der Waals surface area (Å²) in [5.41, 5.74) is 4.58. The van der Waals surface area contributed by atoms with Crippen LogP contribution in [0.15, 0.2) is 49.1 Å². The molecule has 1 aliphatic heterocycles. The number of nitrogens with zero attached hydrogens (tertiary/aromatic N) is 4. The van der Waals surface area contributed by atoms with Gasteiger partial charge in [-0.15, -0.1) is 0 Å². The molecule has 0 aliphatic carbocycles. The van der Waals surface area contributed by atoms with E-state index in [1.807, 2.05) is 36.0 Å². The van der Waals surface area contributed by atoms with Crippen molar-refractivity contribution in [2.24, 2.45) is 7.05 Å². The van der Waals surface area contributed by atoms with Crippen molar-refractivity contribution in [2.75, 3.05) is 25.7 Å². The number of aromatic nitrogens is 4. The molecule has 2 aromatic heterocycles. The number of hydrogen-bond donors (Lipinski definition) is 1. The molecule has 4 aromatic rings. The predicted octanol–water partition coefficient (Wildman–Crippen LogP) is 1.97. The highest BCUT2D eigenvalue weighted by Gasteiger charge is 2.35. The third-order valence-electron chi connectivity index (χ3n) is 5.83. The van der Waals surface area contributed by atoms with Gasteiger partial charge in [0.2, 0.25) is 0 Å². The number of carbonyl (C=O) groups excluding carboxylic acids is 1. The van der Waals surface area contributed by atoms with E-state index in [1.165, 1.54) is 14.2 Å². The molecular weight excluding hydrogens is 458 g/mol. The average molecular weight is 482 g/mol. The molecule has 34 heavy (non-hydrogen) atoms. The van der Waals surface area contributed by atoms with E-state index < -0.39 is 21.8 Å². The van der Waals surface area contributed by atoms with Crippen LogP contribution in [0.5, 0.6) is 11.5 Å². The minimum atomic E-state index is -3.06. The van der Waals surface area contributed by atoms with Crippen LogP contribution in [0.3, 0.4) is 0 Å². The summed E-state index contributed by atoms with van der Waals surface area (Å²) in [5, 5.41) is 6.96. The first-order valence-corrected chi connectivity index (χ1v) is 12.3. The molecule has 5 rings (SSSR count). The van der Waals surface area contributed by atoms with E-state index in [9.17, 15) is 13.2 Å². The van der Waals surface area contributed by atoms with Gasteiger partial charge in [0.05, 0.1) is 54.7 Å². The molecule has 3 heterocycles. The Bertz CT molecular complexity index is 1480. The van der Waals surface area contributed by atoms with E-state index in [1.54, 1.807) is 29.3 Å². The first kappa shape index (κ1) is 22.0. The molecule has 0 saturated carbocycles. The molecule has 1 aliphatic rings. The summed E-state index contributed by atoms with van der Waals surface area (Å²) in [7, 11) is 1.75. The number of benzene rings is 2. The predicted molar refractivity (Wildman–Crippen MR) is 126 cm³/mol. The van der Waals surface area contributed by atoms with E-state index >= 15 is 0 Å². The van der Waals surface area contributed by atoms with Gasteiger partial charge >= 0.3 is 0 Å². The first-order valence-electron chi connectivity index (χ1n) is 10.5. The Kier molecular flexibility index (Phi) is 5.28. The molecule has 0 atom stereocenters. The second-order valence-corrected chi connectivity index (χ2v) is 10.3. The zero-order valence-corrected chi connectivity index (χ0v) is 19.7.